The topological polar surface area (TPSA) is 119 Å². The number of aryl methyl sites for hydroxylation is 1. The van der Waals surface area contributed by atoms with Gasteiger partial charge in [-0.3, -0.25) is 14.9 Å². The summed E-state index contributed by atoms with van der Waals surface area (Å²) < 4.78 is 31.7. The Hall–Kier alpha value is -2.82. The van der Waals surface area contributed by atoms with Gasteiger partial charge in [0.15, 0.2) is 0 Å². The minimum atomic E-state index is -3.64. The predicted octanol–water partition coefficient (Wildman–Crippen LogP) is 2.18. The van der Waals surface area contributed by atoms with E-state index in [9.17, 15) is 23.3 Å². The normalized spacial score (nSPS) is 15.2. The van der Waals surface area contributed by atoms with Gasteiger partial charge in [0.25, 0.3) is 11.6 Å². The summed E-state index contributed by atoms with van der Waals surface area (Å²) in [6.07, 6.45) is 0. The number of non-ortho nitro benzene ring substituents is 1. The van der Waals surface area contributed by atoms with Gasteiger partial charge >= 0.3 is 0 Å². The van der Waals surface area contributed by atoms with Crippen molar-refractivity contribution in [2.24, 2.45) is 0 Å². The molecule has 3 rings (SSSR count). The van der Waals surface area contributed by atoms with Crippen LogP contribution in [0.25, 0.3) is 0 Å². The van der Waals surface area contributed by atoms with E-state index in [2.05, 4.69) is 5.32 Å². The van der Waals surface area contributed by atoms with Crippen molar-refractivity contribution in [1.29, 1.82) is 0 Å². The molecule has 0 bridgehead atoms. The number of hydrogen-bond donors (Lipinski definition) is 1. The largest absolute Gasteiger partial charge is 0.379 e. The number of amides is 1. The molecule has 10 heteroatoms. The van der Waals surface area contributed by atoms with E-state index in [0.29, 0.717) is 24.5 Å². The van der Waals surface area contributed by atoms with Gasteiger partial charge in [-0.1, -0.05) is 6.07 Å². The second kappa shape index (κ2) is 8.05. The molecule has 1 saturated heterocycles. The van der Waals surface area contributed by atoms with E-state index in [0.717, 1.165) is 0 Å². The monoisotopic (exact) mass is 405 g/mol. The first-order valence-corrected chi connectivity index (χ1v) is 9.97. The fraction of sp³-hybridized carbons (Fsp3) is 0.278. The van der Waals surface area contributed by atoms with Gasteiger partial charge < -0.3 is 10.1 Å². The van der Waals surface area contributed by atoms with Crippen molar-refractivity contribution in [2.75, 3.05) is 31.6 Å². The second-order valence-electron chi connectivity index (χ2n) is 6.25. The van der Waals surface area contributed by atoms with Crippen molar-refractivity contribution in [3.63, 3.8) is 0 Å². The molecule has 1 heterocycles. The maximum atomic E-state index is 12.6. The van der Waals surface area contributed by atoms with Crippen LogP contribution in [0.3, 0.4) is 0 Å². The lowest BCUT2D eigenvalue weighted by Gasteiger charge is -2.26. The lowest BCUT2D eigenvalue weighted by molar-refractivity contribution is -0.384. The predicted molar refractivity (Wildman–Crippen MR) is 102 cm³/mol. The Morgan fingerprint density at radius 3 is 2.39 bits per heavy atom. The van der Waals surface area contributed by atoms with E-state index in [-0.39, 0.29) is 29.2 Å². The smallest absolute Gasteiger partial charge is 0.271 e. The van der Waals surface area contributed by atoms with Crippen molar-refractivity contribution in [1.82, 2.24) is 4.31 Å². The molecule has 0 spiro atoms. The van der Waals surface area contributed by atoms with Gasteiger partial charge in [0.2, 0.25) is 10.0 Å². The van der Waals surface area contributed by atoms with Gasteiger partial charge in [-0.2, -0.15) is 4.31 Å². The van der Waals surface area contributed by atoms with Crippen LogP contribution in [0, 0.1) is 17.0 Å². The number of carbonyl (C=O) groups is 1. The SMILES string of the molecule is Cc1ccc([N+](=O)[O-])cc1NC(=O)c1ccc(S(=O)(=O)N2CCOCC2)cc1. The highest BCUT2D eigenvalue weighted by atomic mass is 32.2. The number of carbonyl (C=O) groups excluding carboxylic acids is 1. The molecule has 1 fully saturated rings. The summed E-state index contributed by atoms with van der Waals surface area (Å²) >= 11 is 0. The summed E-state index contributed by atoms with van der Waals surface area (Å²) in [6, 6.07) is 9.76. The molecule has 2 aromatic carbocycles. The summed E-state index contributed by atoms with van der Waals surface area (Å²) in [5, 5.41) is 13.5. The standard InChI is InChI=1S/C18H19N3O6S/c1-13-2-5-15(21(23)24)12-17(13)19-18(22)14-3-6-16(7-4-14)28(25,26)20-8-10-27-11-9-20/h2-7,12H,8-11H2,1H3,(H,19,22). The van der Waals surface area contributed by atoms with E-state index in [1.807, 2.05) is 0 Å². The van der Waals surface area contributed by atoms with Crippen LogP contribution in [0.15, 0.2) is 47.4 Å². The first-order valence-electron chi connectivity index (χ1n) is 8.53. The number of sulfonamides is 1. The molecule has 2 aromatic rings. The zero-order chi connectivity index (χ0) is 20.3. The molecule has 9 nitrogen and oxygen atoms in total. The zero-order valence-corrected chi connectivity index (χ0v) is 15.9. The highest BCUT2D eigenvalue weighted by Crippen LogP contribution is 2.23. The molecule has 0 saturated carbocycles. The average Bonchev–Trinajstić information content (AvgIpc) is 2.70. The van der Waals surface area contributed by atoms with Crippen molar-refractivity contribution in [3.05, 3.63) is 63.7 Å². The lowest BCUT2D eigenvalue weighted by atomic mass is 10.1. The quantitative estimate of drug-likeness (QED) is 0.601. The maximum absolute atomic E-state index is 12.6. The molecule has 0 unspecified atom stereocenters. The minimum Gasteiger partial charge on any atom is -0.379 e. The van der Waals surface area contributed by atoms with E-state index in [4.69, 9.17) is 4.74 Å². The van der Waals surface area contributed by atoms with Gasteiger partial charge in [0, 0.05) is 30.8 Å². The van der Waals surface area contributed by atoms with Crippen LogP contribution < -0.4 is 5.32 Å². The van der Waals surface area contributed by atoms with E-state index in [1.54, 1.807) is 13.0 Å². The van der Waals surface area contributed by atoms with Crippen molar-refractivity contribution in [3.8, 4) is 0 Å². The molecule has 0 aromatic heterocycles. The third kappa shape index (κ3) is 4.19. The number of rotatable bonds is 5. The fourth-order valence-electron chi connectivity index (χ4n) is 2.77. The van der Waals surface area contributed by atoms with Crippen LogP contribution in [0.5, 0.6) is 0 Å². The fourth-order valence-corrected chi connectivity index (χ4v) is 4.17. The Morgan fingerprint density at radius 1 is 1.14 bits per heavy atom. The summed E-state index contributed by atoms with van der Waals surface area (Å²) in [5.74, 6) is -0.487. The third-order valence-corrected chi connectivity index (χ3v) is 6.32. The average molecular weight is 405 g/mol. The van der Waals surface area contributed by atoms with E-state index >= 15 is 0 Å². The molecule has 0 atom stereocenters. The first-order chi connectivity index (χ1) is 13.3. The second-order valence-corrected chi connectivity index (χ2v) is 8.19. The molecule has 1 aliphatic heterocycles. The molecule has 148 valence electrons. The Kier molecular flexibility index (Phi) is 5.73. The molecule has 28 heavy (non-hydrogen) atoms. The molecule has 1 amide bonds. The Balaban J connectivity index is 1.77. The Morgan fingerprint density at radius 2 is 1.79 bits per heavy atom. The van der Waals surface area contributed by atoms with Crippen LogP contribution in [-0.2, 0) is 14.8 Å². The zero-order valence-electron chi connectivity index (χ0n) is 15.1. The number of nitro benzene ring substituents is 1. The number of morpholine rings is 1. The molecule has 1 N–H and O–H groups in total. The van der Waals surface area contributed by atoms with Crippen LogP contribution in [0.1, 0.15) is 15.9 Å². The van der Waals surface area contributed by atoms with Gasteiger partial charge in [-0.15, -0.1) is 0 Å². The number of hydrogen-bond acceptors (Lipinski definition) is 6. The van der Waals surface area contributed by atoms with E-state index < -0.39 is 20.9 Å². The third-order valence-electron chi connectivity index (χ3n) is 4.40. The minimum absolute atomic E-state index is 0.0949. The van der Waals surface area contributed by atoms with Crippen molar-refractivity contribution < 1.29 is 22.9 Å². The highest BCUT2D eigenvalue weighted by Gasteiger charge is 2.26. The van der Waals surface area contributed by atoms with Crippen LogP contribution >= 0.6 is 0 Å². The van der Waals surface area contributed by atoms with Gasteiger partial charge in [-0.25, -0.2) is 8.42 Å². The number of benzene rings is 2. The number of ether oxygens (including phenoxy) is 1. The summed E-state index contributed by atoms with van der Waals surface area (Å²) in [7, 11) is -3.64. The lowest BCUT2D eigenvalue weighted by Crippen LogP contribution is -2.40. The summed E-state index contributed by atoms with van der Waals surface area (Å²) in [5.41, 5.74) is 1.11. The van der Waals surface area contributed by atoms with Crippen molar-refractivity contribution in [2.45, 2.75) is 11.8 Å². The van der Waals surface area contributed by atoms with Crippen LogP contribution in [-0.4, -0.2) is 49.9 Å². The number of nitrogens with zero attached hydrogens (tertiary/aromatic N) is 2. The highest BCUT2D eigenvalue weighted by molar-refractivity contribution is 7.89. The first kappa shape index (κ1) is 19.9. The summed E-state index contributed by atoms with van der Waals surface area (Å²) in [6.45, 7) is 3.00. The number of nitrogens with one attached hydrogen (secondary N) is 1. The van der Waals surface area contributed by atoms with Crippen LogP contribution in [0.2, 0.25) is 0 Å². The molecule has 1 aliphatic rings. The van der Waals surface area contributed by atoms with E-state index in [1.165, 1.54) is 40.7 Å². The van der Waals surface area contributed by atoms with Crippen molar-refractivity contribution >= 4 is 27.3 Å². The number of nitro groups is 1. The molecule has 0 aliphatic carbocycles. The number of anilines is 1. The Labute approximate surface area is 162 Å². The summed E-state index contributed by atoms with van der Waals surface area (Å²) in [4.78, 5) is 22.9. The molecular weight excluding hydrogens is 386 g/mol. The Bertz CT molecular complexity index is 998. The van der Waals surface area contributed by atoms with Gasteiger partial charge in [-0.05, 0) is 36.8 Å². The van der Waals surface area contributed by atoms with Gasteiger partial charge in [0.1, 0.15) is 0 Å². The maximum Gasteiger partial charge on any atom is 0.271 e. The van der Waals surface area contributed by atoms with Crippen LogP contribution in [0.4, 0.5) is 11.4 Å². The molecule has 0 radical (unpaired) electrons. The van der Waals surface area contributed by atoms with Gasteiger partial charge in [0.05, 0.1) is 28.7 Å². The molecular formula is C18H19N3O6S.